The lowest BCUT2D eigenvalue weighted by atomic mass is 9.78. The molecule has 1 aromatic rings. The van der Waals surface area contributed by atoms with Crippen molar-refractivity contribution in [2.45, 2.75) is 58.0 Å². The molecule has 1 aromatic carbocycles. The zero-order chi connectivity index (χ0) is 15.1. The highest BCUT2D eigenvalue weighted by Gasteiger charge is 2.22. The van der Waals surface area contributed by atoms with E-state index in [0.29, 0.717) is 5.92 Å². The van der Waals surface area contributed by atoms with E-state index < -0.39 is 6.10 Å². The lowest BCUT2D eigenvalue weighted by molar-refractivity contribution is 0.162. The fraction of sp³-hybridized carbons (Fsp3) is 0.579. The van der Waals surface area contributed by atoms with Crippen LogP contribution < -0.4 is 0 Å². The zero-order valence-electron chi connectivity index (χ0n) is 12.8. The summed E-state index contributed by atoms with van der Waals surface area (Å²) < 4.78 is 1.05. The van der Waals surface area contributed by atoms with Gasteiger partial charge in [0.05, 0.1) is 0 Å². The molecule has 0 saturated heterocycles. The monoisotopic (exact) mass is 348 g/mol. The fourth-order valence-electron chi connectivity index (χ4n) is 3.24. The molecule has 0 aromatic heterocycles. The van der Waals surface area contributed by atoms with Gasteiger partial charge in [-0.05, 0) is 42.5 Å². The maximum absolute atomic E-state index is 10.1. The first-order chi connectivity index (χ1) is 10.2. The molecule has 0 amide bonds. The third kappa shape index (κ3) is 5.85. The van der Waals surface area contributed by atoms with Crippen LogP contribution in [0.25, 0.3) is 0 Å². The van der Waals surface area contributed by atoms with Crippen molar-refractivity contribution < 1.29 is 5.11 Å². The van der Waals surface area contributed by atoms with E-state index in [1.165, 1.54) is 38.5 Å². The molecule has 2 heteroatoms. The molecule has 1 unspecified atom stereocenters. The first kappa shape index (κ1) is 16.6. The first-order valence-corrected chi connectivity index (χ1v) is 8.92. The Morgan fingerprint density at radius 3 is 2.38 bits per heavy atom. The molecule has 1 N–H and O–H groups in total. The molecule has 1 saturated carbocycles. The Morgan fingerprint density at radius 1 is 1.14 bits per heavy atom. The van der Waals surface area contributed by atoms with E-state index >= 15 is 0 Å². The number of halogens is 1. The summed E-state index contributed by atoms with van der Waals surface area (Å²) in [5.74, 6) is 7.65. The van der Waals surface area contributed by atoms with Gasteiger partial charge in [-0.15, -0.1) is 0 Å². The number of aliphatic hydroxyl groups excluding tert-OH is 1. The molecule has 1 fully saturated rings. The van der Waals surface area contributed by atoms with Gasteiger partial charge in [0.2, 0.25) is 0 Å². The van der Waals surface area contributed by atoms with Crippen molar-refractivity contribution in [3.63, 3.8) is 0 Å². The second-order valence-electron chi connectivity index (χ2n) is 6.20. The number of aliphatic hydroxyl groups is 1. The normalized spacial score (nSPS) is 23.2. The van der Waals surface area contributed by atoms with Crippen molar-refractivity contribution in [2.24, 2.45) is 11.8 Å². The van der Waals surface area contributed by atoms with Crippen LogP contribution >= 0.6 is 15.9 Å². The predicted octanol–water partition coefficient (Wildman–Crippen LogP) is 5.16. The summed E-state index contributed by atoms with van der Waals surface area (Å²) in [6.07, 6.45) is 8.24. The van der Waals surface area contributed by atoms with Gasteiger partial charge in [-0.3, -0.25) is 0 Å². The maximum Gasteiger partial charge on any atom is 0.115 e. The van der Waals surface area contributed by atoms with Gasteiger partial charge in [-0.25, -0.2) is 0 Å². The number of benzene rings is 1. The minimum absolute atomic E-state index is 0.485. The Hall–Kier alpha value is -0.780. The Morgan fingerprint density at radius 2 is 1.76 bits per heavy atom. The van der Waals surface area contributed by atoms with Crippen molar-refractivity contribution in [3.8, 4) is 11.8 Å². The summed E-state index contributed by atoms with van der Waals surface area (Å²) in [6.45, 7) is 2.27. The highest BCUT2D eigenvalue weighted by molar-refractivity contribution is 9.10. The predicted molar refractivity (Wildman–Crippen MR) is 92.0 cm³/mol. The van der Waals surface area contributed by atoms with E-state index in [1.807, 2.05) is 24.3 Å². The van der Waals surface area contributed by atoms with Crippen molar-refractivity contribution in [2.75, 3.05) is 0 Å². The molecule has 1 aliphatic rings. The summed E-state index contributed by atoms with van der Waals surface area (Å²) in [7, 11) is 0. The van der Waals surface area contributed by atoms with Crippen LogP contribution in [-0.4, -0.2) is 11.2 Å². The second kappa shape index (κ2) is 8.61. The molecule has 0 radical (unpaired) electrons. The van der Waals surface area contributed by atoms with E-state index in [4.69, 9.17) is 0 Å². The van der Waals surface area contributed by atoms with E-state index in [9.17, 15) is 5.11 Å². The molecule has 21 heavy (non-hydrogen) atoms. The Balaban J connectivity index is 1.78. The first-order valence-electron chi connectivity index (χ1n) is 8.12. The molecule has 1 nitrogen and oxygen atoms in total. The molecule has 1 aliphatic carbocycles. The lowest BCUT2D eigenvalue weighted by Crippen LogP contribution is -2.19. The van der Waals surface area contributed by atoms with Crippen molar-refractivity contribution in [3.05, 3.63) is 34.3 Å². The molecule has 0 heterocycles. The standard InChI is InChI=1S/C19H25BrO/c1-2-3-15-4-6-17(7-5-15)14-19(21)13-10-16-8-11-18(20)12-9-16/h8-9,11-12,15,17,19,21H,2-7,14H2,1H3. The van der Waals surface area contributed by atoms with Crippen LogP contribution in [0.15, 0.2) is 28.7 Å². The molecule has 0 bridgehead atoms. The summed E-state index contributed by atoms with van der Waals surface area (Å²) in [5, 5.41) is 10.1. The van der Waals surface area contributed by atoms with Crippen LogP contribution in [0.3, 0.4) is 0 Å². The van der Waals surface area contributed by atoms with Gasteiger partial charge in [0.15, 0.2) is 0 Å². The van der Waals surface area contributed by atoms with Crippen LogP contribution in [0.4, 0.5) is 0 Å². The third-order valence-corrected chi connectivity index (χ3v) is 4.98. The van der Waals surface area contributed by atoms with Crippen LogP contribution in [0.2, 0.25) is 0 Å². The number of hydrogen-bond donors (Lipinski definition) is 1. The van der Waals surface area contributed by atoms with Gasteiger partial charge in [0.1, 0.15) is 6.10 Å². The Labute approximate surface area is 137 Å². The quantitative estimate of drug-likeness (QED) is 0.745. The molecule has 1 atom stereocenters. The highest BCUT2D eigenvalue weighted by Crippen LogP contribution is 2.33. The largest absolute Gasteiger partial charge is 0.380 e. The molecular weight excluding hydrogens is 324 g/mol. The van der Waals surface area contributed by atoms with Gasteiger partial charge in [-0.2, -0.15) is 0 Å². The average molecular weight is 349 g/mol. The van der Waals surface area contributed by atoms with Gasteiger partial charge in [0, 0.05) is 10.0 Å². The second-order valence-corrected chi connectivity index (χ2v) is 7.12. The molecule has 2 rings (SSSR count). The topological polar surface area (TPSA) is 20.2 Å². The van der Waals surface area contributed by atoms with Crippen molar-refractivity contribution in [1.82, 2.24) is 0 Å². The lowest BCUT2D eigenvalue weighted by Gasteiger charge is -2.28. The van der Waals surface area contributed by atoms with Crippen LogP contribution in [0.5, 0.6) is 0 Å². The summed E-state index contributed by atoms with van der Waals surface area (Å²) >= 11 is 3.41. The molecular formula is C19H25BrO. The molecule has 0 spiro atoms. The van der Waals surface area contributed by atoms with Gasteiger partial charge in [-0.1, -0.05) is 73.2 Å². The number of rotatable bonds is 4. The van der Waals surface area contributed by atoms with Crippen molar-refractivity contribution in [1.29, 1.82) is 0 Å². The van der Waals surface area contributed by atoms with Crippen LogP contribution in [-0.2, 0) is 0 Å². The van der Waals surface area contributed by atoms with Crippen LogP contribution in [0, 0.1) is 23.7 Å². The highest BCUT2D eigenvalue weighted by atomic mass is 79.9. The average Bonchev–Trinajstić information content (AvgIpc) is 2.49. The van der Waals surface area contributed by atoms with Gasteiger partial charge in [0.25, 0.3) is 0 Å². The SMILES string of the molecule is CCCC1CCC(CC(O)C#Cc2ccc(Br)cc2)CC1. The third-order valence-electron chi connectivity index (χ3n) is 4.45. The Kier molecular flexibility index (Phi) is 6.80. The van der Waals surface area contributed by atoms with E-state index in [-0.39, 0.29) is 0 Å². The van der Waals surface area contributed by atoms with Crippen LogP contribution in [0.1, 0.15) is 57.4 Å². The van der Waals surface area contributed by atoms with Gasteiger partial charge >= 0.3 is 0 Å². The minimum Gasteiger partial charge on any atom is -0.380 e. The van der Waals surface area contributed by atoms with Crippen molar-refractivity contribution >= 4 is 15.9 Å². The fourth-order valence-corrected chi connectivity index (χ4v) is 3.50. The summed E-state index contributed by atoms with van der Waals surface area (Å²) in [5.41, 5.74) is 0.962. The summed E-state index contributed by atoms with van der Waals surface area (Å²) in [6, 6.07) is 7.90. The number of hydrogen-bond acceptors (Lipinski definition) is 1. The van der Waals surface area contributed by atoms with Gasteiger partial charge < -0.3 is 5.11 Å². The van der Waals surface area contributed by atoms with E-state index in [2.05, 4.69) is 34.7 Å². The zero-order valence-corrected chi connectivity index (χ0v) is 14.4. The smallest absolute Gasteiger partial charge is 0.115 e. The Bertz CT molecular complexity index is 475. The van der Waals surface area contributed by atoms with E-state index in [1.54, 1.807) is 0 Å². The minimum atomic E-state index is -0.485. The maximum atomic E-state index is 10.1. The summed E-state index contributed by atoms with van der Waals surface area (Å²) in [4.78, 5) is 0. The van der Waals surface area contributed by atoms with E-state index in [0.717, 1.165) is 22.4 Å². The molecule has 0 aliphatic heterocycles. The molecule has 114 valence electrons.